The van der Waals surface area contributed by atoms with E-state index in [0.717, 1.165) is 5.56 Å². The quantitative estimate of drug-likeness (QED) is 0.502. The Morgan fingerprint density at radius 3 is 2.58 bits per heavy atom. The Hall–Kier alpha value is -4.01. The van der Waals surface area contributed by atoms with Gasteiger partial charge in [-0.15, -0.1) is 0 Å². The highest BCUT2D eigenvalue weighted by Gasteiger charge is 2.30. The largest absolute Gasteiger partial charge is 0.497 e. The fourth-order valence-electron chi connectivity index (χ4n) is 4.53. The van der Waals surface area contributed by atoms with Crippen LogP contribution < -0.4 is 15.0 Å². The molecule has 2 amide bonds. The third-order valence-corrected chi connectivity index (χ3v) is 6.73. The van der Waals surface area contributed by atoms with Crippen LogP contribution in [-0.4, -0.2) is 60.5 Å². The van der Waals surface area contributed by atoms with Gasteiger partial charge in [0.25, 0.3) is 11.5 Å². The predicted octanol–water partition coefficient (Wildman–Crippen LogP) is 2.92. The van der Waals surface area contributed by atoms with Gasteiger partial charge in [0.15, 0.2) is 0 Å². The van der Waals surface area contributed by atoms with E-state index < -0.39 is 0 Å². The van der Waals surface area contributed by atoms with Crippen molar-refractivity contribution in [3.05, 3.63) is 81.7 Å². The molecule has 1 aromatic carbocycles. The van der Waals surface area contributed by atoms with Gasteiger partial charge in [-0.05, 0) is 36.8 Å². The lowest BCUT2D eigenvalue weighted by molar-refractivity contribution is -0.130. The highest BCUT2D eigenvalue weighted by atomic mass is 16.5. The molecule has 1 aliphatic heterocycles. The van der Waals surface area contributed by atoms with Crippen LogP contribution in [0.15, 0.2) is 57.9 Å². The zero-order valence-electron chi connectivity index (χ0n) is 21.0. The Morgan fingerprint density at radius 1 is 1.08 bits per heavy atom. The van der Waals surface area contributed by atoms with E-state index in [1.807, 2.05) is 37.3 Å². The third kappa shape index (κ3) is 5.00. The first kappa shape index (κ1) is 25.1. The molecule has 0 spiro atoms. The van der Waals surface area contributed by atoms with E-state index >= 15 is 0 Å². The van der Waals surface area contributed by atoms with Gasteiger partial charge in [0.05, 0.1) is 32.9 Å². The van der Waals surface area contributed by atoms with Gasteiger partial charge in [0.1, 0.15) is 22.8 Å². The first-order chi connectivity index (χ1) is 17.3. The van der Waals surface area contributed by atoms with Crippen LogP contribution in [0.5, 0.6) is 11.5 Å². The predicted molar refractivity (Wildman–Crippen MR) is 133 cm³/mol. The Morgan fingerprint density at radius 2 is 1.89 bits per heavy atom. The minimum atomic E-state index is -0.323. The molecular formula is C27H31N3O6. The Balaban J connectivity index is 1.60. The van der Waals surface area contributed by atoms with Crippen molar-refractivity contribution in [2.45, 2.75) is 32.4 Å². The summed E-state index contributed by atoms with van der Waals surface area (Å²) in [6.45, 7) is 2.91. The lowest BCUT2D eigenvalue weighted by Crippen LogP contribution is -2.35. The molecule has 0 fully saturated rings. The molecule has 0 saturated carbocycles. The zero-order chi connectivity index (χ0) is 25.8. The maximum Gasteiger partial charge on any atom is 0.259 e. The number of carbonyl (C=O) groups excluding carboxylic acids is 2. The fraction of sp³-hybridized carbons (Fsp3) is 0.370. The second kappa shape index (κ2) is 10.7. The summed E-state index contributed by atoms with van der Waals surface area (Å²) < 4.78 is 17.8. The first-order valence-corrected chi connectivity index (χ1v) is 11.9. The first-order valence-electron chi connectivity index (χ1n) is 11.9. The van der Waals surface area contributed by atoms with Gasteiger partial charge in [0.2, 0.25) is 5.91 Å². The number of methoxy groups -OCH3 is 2. The van der Waals surface area contributed by atoms with Crippen LogP contribution in [0.3, 0.4) is 0 Å². The minimum absolute atomic E-state index is 0.0486. The highest BCUT2D eigenvalue weighted by molar-refractivity contribution is 5.98. The SMILES string of the molecule is COc1cccc(CC(=O)N2CCc3c(C(=O)N(C)C(C)c4ccco4)c(OC)cc(=O)n3CC2)c1. The summed E-state index contributed by atoms with van der Waals surface area (Å²) in [5.74, 6) is 1.24. The van der Waals surface area contributed by atoms with E-state index in [1.165, 1.54) is 13.2 Å². The van der Waals surface area contributed by atoms with Gasteiger partial charge < -0.3 is 28.3 Å². The van der Waals surface area contributed by atoms with Gasteiger partial charge >= 0.3 is 0 Å². The van der Waals surface area contributed by atoms with Gasteiger partial charge in [0, 0.05) is 44.9 Å². The van der Waals surface area contributed by atoms with E-state index in [1.54, 1.807) is 40.9 Å². The van der Waals surface area contributed by atoms with Gasteiger partial charge in [-0.25, -0.2) is 0 Å². The summed E-state index contributed by atoms with van der Waals surface area (Å²) in [7, 11) is 4.72. The van der Waals surface area contributed by atoms with Crippen molar-refractivity contribution in [3.8, 4) is 11.5 Å². The summed E-state index contributed by atoms with van der Waals surface area (Å²) in [5, 5.41) is 0. The zero-order valence-corrected chi connectivity index (χ0v) is 21.0. The van der Waals surface area contributed by atoms with E-state index in [4.69, 9.17) is 13.9 Å². The average Bonchev–Trinajstić information content (AvgIpc) is 3.33. The van der Waals surface area contributed by atoms with E-state index in [9.17, 15) is 14.4 Å². The number of pyridine rings is 1. The number of rotatable bonds is 7. The van der Waals surface area contributed by atoms with Gasteiger partial charge in [-0.1, -0.05) is 12.1 Å². The molecular weight excluding hydrogens is 462 g/mol. The summed E-state index contributed by atoms with van der Waals surface area (Å²) in [6, 6.07) is 12.0. The van der Waals surface area contributed by atoms with Crippen molar-refractivity contribution >= 4 is 11.8 Å². The molecule has 0 saturated heterocycles. The second-order valence-corrected chi connectivity index (χ2v) is 8.79. The van der Waals surface area contributed by atoms with Gasteiger partial charge in [-0.3, -0.25) is 14.4 Å². The van der Waals surface area contributed by atoms with E-state index in [-0.39, 0.29) is 35.6 Å². The molecule has 3 heterocycles. The molecule has 0 bridgehead atoms. The number of ether oxygens (including phenoxy) is 2. The molecule has 1 atom stereocenters. The van der Waals surface area contributed by atoms with Crippen molar-refractivity contribution in [1.82, 2.24) is 14.4 Å². The number of amides is 2. The van der Waals surface area contributed by atoms with Gasteiger partial charge in [-0.2, -0.15) is 0 Å². The van der Waals surface area contributed by atoms with Crippen molar-refractivity contribution < 1.29 is 23.5 Å². The molecule has 4 rings (SSSR count). The molecule has 1 unspecified atom stereocenters. The van der Waals surface area contributed by atoms with Crippen molar-refractivity contribution in [2.75, 3.05) is 34.4 Å². The lowest BCUT2D eigenvalue weighted by Gasteiger charge is -2.26. The molecule has 0 N–H and O–H groups in total. The molecule has 1 aliphatic rings. The second-order valence-electron chi connectivity index (χ2n) is 8.79. The Bertz CT molecular complexity index is 1300. The minimum Gasteiger partial charge on any atom is -0.497 e. The van der Waals surface area contributed by atoms with Crippen LogP contribution in [-0.2, 0) is 24.2 Å². The monoisotopic (exact) mass is 493 g/mol. The number of carbonyl (C=O) groups is 2. The molecule has 3 aromatic rings. The number of fused-ring (bicyclic) bond motifs is 1. The molecule has 190 valence electrons. The fourth-order valence-corrected chi connectivity index (χ4v) is 4.53. The summed E-state index contributed by atoms with van der Waals surface area (Å²) >= 11 is 0. The van der Waals surface area contributed by atoms with Crippen LogP contribution in [0.2, 0.25) is 0 Å². The third-order valence-electron chi connectivity index (χ3n) is 6.73. The van der Waals surface area contributed by atoms with Crippen molar-refractivity contribution in [2.24, 2.45) is 0 Å². The van der Waals surface area contributed by atoms with Crippen LogP contribution in [0.4, 0.5) is 0 Å². The molecule has 0 radical (unpaired) electrons. The topological polar surface area (TPSA) is 94.2 Å². The summed E-state index contributed by atoms with van der Waals surface area (Å²) in [4.78, 5) is 43.0. The van der Waals surface area contributed by atoms with Crippen molar-refractivity contribution in [3.63, 3.8) is 0 Å². The highest BCUT2D eigenvalue weighted by Crippen LogP contribution is 2.28. The van der Waals surface area contributed by atoms with E-state index in [2.05, 4.69) is 0 Å². The number of nitrogens with zero attached hydrogens (tertiary/aromatic N) is 3. The number of furan rings is 1. The molecule has 0 aliphatic carbocycles. The maximum absolute atomic E-state index is 13.7. The maximum atomic E-state index is 13.7. The van der Waals surface area contributed by atoms with Crippen LogP contribution >= 0.6 is 0 Å². The molecule has 9 nitrogen and oxygen atoms in total. The summed E-state index contributed by atoms with van der Waals surface area (Å²) in [5.41, 5.74) is 1.49. The van der Waals surface area contributed by atoms with Crippen LogP contribution in [0.25, 0.3) is 0 Å². The Kier molecular flexibility index (Phi) is 7.47. The number of hydrogen-bond donors (Lipinski definition) is 0. The van der Waals surface area contributed by atoms with Crippen LogP contribution in [0.1, 0.15) is 40.3 Å². The van der Waals surface area contributed by atoms with E-state index in [0.29, 0.717) is 48.8 Å². The molecule has 36 heavy (non-hydrogen) atoms. The van der Waals surface area contributed by atoms with Crippen molar-refractivity contribution in [1.29, 1.82) is 0 Å². The standard InChI is InChI=1S/C27H31N3O6/c1-18(22-9-6-14-36-22)28(2)27(33)26-21-10-11-29(12-13-30(21)25(32)17-23(26)35-4)24(31)16-19-7-5-8-20(15-19)34-3/h5-9,14-15,17-18H,10-13,16H2,1-4H3. The smallest absolute Gasteiger partial charge is 0.259 e. The number of aromatic nitrogens is 1. The normalized spacial score (nSPS) is 13.9. The van der Waals surface area contributed by atoms with Crippen LogP contribution in [0, 0.1) is 0 Å². The number of hydrogen-bond acceptors (Lipinski definition) is 6. The molecule has 9 heteroatoms. The molecule has 2 aromatic heterocycles. The Labute approximate surface area is 209 Å². The lowest BCUT2D eigenvalue weighted by atomic mass is 10.1. The number of benzene rings is 1. The average molecular weight is 494 g/mol. The summed E-state index contributed by atoms with van der Waals surface area (Å²) in [6.07, 6.45) is 2.14.